The van der Waals surface area contributed by atoms with Gasteiger partial charge in [-0.2, -0.15) is 0 Å². The fraction of sp³-hybridized carbons (Fsp3) is 0.174. The van der Waals surface area contributed by atoms with Crippen LogP contribution in [0, 0.1) is 0 Å². The van der Waals surface area contributed by atoms with Gasteiger partial charge in [0.25, 0.3) is 11.5 Å². The van der Waals surface area contributed by atoms with E-state index >= 15 is 0 Å². The van der Waals surface area contributed by atoms with Crippen LogP contribution in [-0.2, 0) is 0 Å². The molecule has 0 aliphatic carbocycles. The molecule has 29 heavy (non-hydrogen) atoms. The van der Waals surface area contributed by atoms with Crippen molar-refractivity contribution in [2.75, 3.05) is 27.2 Å². The summed E-state index contributed by atoms with van der Waals surface area (Å²) in [5.41, 5.74) is 2.15. The van der Waals surface area contributed by atoms with E-state index in [4.69, 9.17) is 4.98 Å². The molecule has 6 heteroatoms. The lowest BCUT2D eigenvalue weighted by atomic mass is 10.0. The summed E-state index contributed by atoms with van der Waals surface area (Å²) >= 11 is 0. The summed E-state index contributed by atoms with van der Waals surface area (Å²) in [5, 5.41) is 6.43. The Hall–Kier alpha value is -3.51. The molecule has 1 amide bonds. The minimum atomic E-state index is -0.184. The summed E-state index contributed by atoms with van der Waals surface area (Å²) in [6.07, 6.45) is 0. The molecular formula is C23H20N4O2. The highest BCUT2D eigenvalue weighted by Crippen LogP contribution is 2.30. The maximum atomic E-state index is 13.3. The van der Waals surface area contributed by atoms with Gasteiger partial charge < -0.3 is 10.2 Å². The molecule has 144 valence electrons. The number of amides is 1. The van der Waals surface area contributed by atoms with Gasteiger partial charge in [-0.15, -0.1) is 0 Å². The Morgan fingerprint density at radius 2 is 1.76 bits per heavy atom. The zero-order valence-corrected chi connectivity index (χ0v) is 16.3. The van der Waals surface area contributed by atoms with Crippen LogP contribution >= 0.6 is 0 Å². The molecule has 2 heterocycles. The zero-order chi connectivity index (χ0) is 20.1. The van der Waals surface area contributed by atoms with Crippen LogP contribution in [0.3, 0.4) is 0 Å². The number of imidazole rings is 1. The van der Waals surface area contributed by atoms with Crippen molar-refractivity contribution in [3.05, 3.63) is 70.5 Å². The first-order chi connectivity index (χ1) is 14.1. The van der Waals surface area contributed by atoms with Crippen molar-refractivity contribution in [1.82, 2.24) is 19.6 Å². The van der Waals surface area contributed by atoms with E-state index in [0.29, 0.717) is 34.2 Å². The lowest BCUT2D eigenvalue weighted by Gasteiger charge is -2.10. The molecule has 0 bridgehead atoms. The summed E-state index contributed by atoms with van der Waals surface area (Å²) in [5.74, 6) is -0.184. The molecular weight excluding hydrogens is 364 g/mol. The van der Waals surface area contributed by atoms with Crippen LogP contribution in [0.1, 0.15) is 10.4 Å². The van der Waals surface area contributed by atoms with Crippen molar-refractivity contribution in [2.24, 2.45) is 0 Å². The number of carbonyl (C=O) groups is 1. The molecule has 2 aromatic heterocycles. The Balaban J connectivity index is 1.79. The number of pyridine rings is 1. The van der Waals surface area contributed by atoms with Gasteiger partial charge in [0.1, 0.15) is 11.2 Å². The largest absolute Gasteiger partial charge is 0.351 e. The summed E-state index contributed by atoms with van der Waals surface area (Å²) in [6.45, 7) is 1.29. The topological polar surface area (TPSA) is 66.7 Å². The van der Waals surface area contributed by atoms with E-state index in [0.717, 1.165) is 22.7 Å². The van der Waals surface area contributed by atoms with Gasteiger partial charge in [-0.1, -0.05) is 36.4 Å². The van der Waals surface area contributed by atoms with Crippen molar-refractivity contribution in [2.45, 2.75) is 0 Å². The first-order valence-electron chi connectivity index (χ1n) is 9.57. The average Bonchev–Trinajstić information content (AvgIpc) is 3.11. The second kappa shape index (κ2) is 6.53. The zero-order valence-electron chi connectivity index (χ0n) is 16.3. The predicted octanol–water partition coefficient (Wildman–Crippen LogP) is 2.88. The quantitative estimate of drug-likeness (QED) is 0.517. The van der Waals surface area contributed by atoms with E-state index in [2.05, 4.69) is 5.32 Å². The molecule has 0 aliphatic heterocycles. The van der Waals surface area contributed by atoms with Crippen molar-refractivity contribution in [1.29, 1.82) is 0 Å². The summed E-state index contributed by atoms with van der Waals surface area (Å²) in [7, 11) is 3.92. The lowest BCUT2D eigenvalue weighted by molar-refractivity contribution is 0.0952. The Kier molecular flexibility index (Phi) is 3.96. The first-order valence-corrected chi connectivity index (χ1v) is 9.57. The van der Waals surface area contributed by atoms with Gasteiger partial charge >= 0.3 is 0 Å². The van der Waals surface area contributed by atoms with Crippen molar-refractivity contribution in [3.63, 3.8) is 0 Å². The van der Waals surface area contributed by atoms with E-state index in [1.165, 1.54) is 0 Å². The number of rotatable bonds is 4. The number of likely N-dealkylation sites (N-methyl/N-ethyl adjacent to an activating group) is 1. The maximum Gasteiger partial charge on any atom is 0.264 e. The molecule has 6 nitrogen and oxygen atoms in total. The second-order valence-corrected chi connectivity index (χ2v) is 7.52. The standard InChI is InChI=1S/C23H20N4O2/c1-26(2)13-12-24-22(28)17-10-5-11-18-20(17)25-21-15-8-3-6-14-7-4-9-16(19(14)15)23(29)27(18)21/h3-11H,12-13H2,1-2H3,(H,24,28). The third-order valence-electron chi connectivity index (χ3n) is 5.35. The van der Waals surface area contributed by atoms with Gasteiger partial charge in [0.05, 0.1) is 11.1 Å². The van der Waals surface area contributed by atoms with E-state index in [1.807, 2.05) is 61.5 Å². The molecule has 0 saturated heterocycles. The molecule has 0 fully saturated rings. The van der Waals surface area contributed by atoms with Crippen molar-refractivity contribution >= 4 is 44.1 Å². The summed E-state index contributed by atoms with van der Waals surface area (Å²) in [4.78, 5) is 32.9. The Labute approximate surface area is 166 Å². The van der Waals surface area contributed by atoms with Gasteiger partial charge in [-0.3, -0.25) is 14.0 Å². The Bertz CT molecular complexity index is 1450. The number of benzene rings is 3. The molecule has 1 N–H and O–H groups in total. The highest BCUT2D eigenvalue weighted by molar-refractivity contribution is 6.16. The highest BCUT2D eigenvalue weighted by Gasteiger charge is 2.19. The van der Waals surface area contributed by atoms with E-state index in [-0.39, 0.29) is 11.5 Å². The van der Waals surface area contributed by atoms with E-state index < -0.39 is 0 Å². The van der Waals surface area contributed by atoms with Crippen LogP contribution in [0.5, 0.6) is 0 Å². The summed E-state index contributed by atoms with van der Waals surface area (Å²) < 4.78 is 1.63. The number of carbonyl (C=O) groups excluding carboxylic acids is 1. The average molecular weight is 384 g/mol. The predicted molar refractivity (Wildman–Crippen MR) is 116 cm³/mol. The van der Waals surface area contributed by atoms with Crippen LogP contribution in [0.4, 0.5) is 0 Å². The van der Waals surface area contributed by atoms with Crippen molar-refractivity contribution in [3.8, 4) is 0 Å². The van der Waals surface area contributed by atoms with Crippen LogP contribution in [0.25, 0.3) is 38.2 Å². The van der Waals surface area contributed by atoms with Crippen LogP contribution in [-0.4, -0.2) is 47.4 Å². The highest BCUT2D eigenvalue weighted by atomic mass is 16.1. The molecule has 0 spiro atoms. The molecule has 0 aliphatic rings. The fourth-order valence-electron chi connectivity index (χ4n) is 3.98. The SMILES string of the molecule is CN(C)CCNC(=O)c1cccc2c1nc1c3cccc4cccc(c(=O)n21)c43. The molecule has 0 unspecified atom stereocenters. The molecule has 5 aromatic rings. The number of fused-ring (bicyclic) bond motifs is 4. The third-order valence-corrected chi connectivity index (χ3v) is 5.35. The molecule has 0 atom stereocenters. The minimum Gasteiger partial charge on any atom is -0.351 e. The van der Waals surface area contributed by atoms with Gasteiger partial charge in [0.15, 0.2) is 0 Å². The van der Waals surface area contributed by atoms with Crippen LogP contribution in [0.2, 0.25) is 0 Å². The van der Waals surface area contributed by atoms with Gasteiger partial charge in [-0.25, -0.2) is 4.98 Å². The minimum absolute atomic E-state index is 0.114. The van der Waals surface area contributed by atoms with E-state index in [1.54, 1.807) is 16.5 Å². The Morgan fingerprint density at radius 3 is 2.52 bits per heavy atom. The molecule has 0 radical (unpaired) electrons. The van der Waals surface area contributed by atoms with Gasteiger partial charge in [0, 0.05) is 29.2 Å². The smallest absolute Gasteiger partial charge is 0.264 e. The van der Waals surface area contributed by atoms with Gasteiger partial charge in [0.2, 0.25) is 0 Å². The van der Waals surface area contributed by atoms with Crippen LogP contribution < -0.4 is 10.9 Å². The van der Waals surface area contributed by atoms with Crippen molar-refractivity contribution < 1.29 is 4.79 Å². The fourth-order valence-corrected chi connectivity index (χ4v) is 3.98. The van der Waals surface area contributed by atoms with Gasteiger partial charge in [-0.05, 0) is 37.7 Å². The number of nitrogens with zero attached hydrogens (tertiary/aromatic N) is 3. The number of nitrogens with one attached hydrogen (secondary N) is 1. The first kappa shape index (κ1) is 17.6. The molecule has 0 saturated carbocycles. The number of hydrogen-bond donors (Lipinski definition) is 1. The van der Waals surface area contributed by atoms with E-state index in [9.17, 15) is 9.59 Å². The number of para-hydroxylation sites is 1. The molecule has 3 aromatic carbocycles. The second-order valence-electron chi connectivity index (χ2n) is 7.52. The monoisotopic (exact) mass is 384 g/mol. The maximum absolute atomic E-state index is 13.3. The Morgan fingerprint density at radius 1 is 1.03 bits per heavy atom. The number of hydrogen-bond acceptors (Lipinski definition) is 4. The normalized spacial score (nSPS) is 12.0. The number of aromatic nitrogens is 2. The lowest BCUT2D eigenvalue weighted by Crippen LogP contribution is -2.31. The summed E-state index contributed by atoms with van der Waals surface area (Å²) in [6, 6.07) is 17.1. The van der Waals surface area contributed by atoms with Crippen LogP contribution in [0.15, 0.2) is 59.4 Å². The molecule has 5 rings (SSSR count). The third kappa shape index (κ3) is 2.64.